The van der Waals surface area contributed by atoms with Crippen LogP contribution in [0.25, 0.3) is 0 Å². The molecule has 0 fully saturated rings. The van der Waals surface area contributed by atoms with Crippen LogP contribution in [0.15, 0.2) is 18.2 Å². The maximum absolute atomic E-state index is 11.1. The first-order valence-electron chi connectivity index (χ1n) is 4.63. The van der Waals surface area contributed by atoms with E-state index in [4.69, 9.17) is 5.11 Å². The van der Waals surface area contributed by atoms with Crippen molar-refractivity contribution in [3.05, 3.63) is 23.8 Å². The average molecular weight is 210 g/mol. The van der Waals surface area contributed by atoms with Crippen molar-refractivity contribution in [2.75, 3.05) is 7.11 Å². The fraction of sp³-hybridized carbons (Fsp3) is 0.364. The number of carbonyl (C=O) groups is 1. The summed E-state index contributed by atoms with van der Waals surface area (Å²) in [5.74, 6) is -0.893. The zero-order chi connectivity index (χ0) is 11.4. The molecule has 0 aliphatic heterocycles. The van der Waals surface area contributed by atoms with Crippen molar-refractivity contribution in [3.63, 3.8) is 0 Å². The summed E-state index contributed by atoms with van der Waals surface area (Å²) in [5, 5.41) is 18.3. The quantitative estimate of drug-likeness (QED) is 0.585. The van der Waals surface area contributed by atoms with Gasteiger partial charge < -0.3 is 14.9 Å². The average Bonchev–Trinajstić information content (AvgIpc) is 2.22. The van der Waals surface area contributed by atoms with E-state index < -0.39 is 0 Å². The van der Waals surface area contributed by atoms with E-state index in [0.717, 1.165) is 5.56 Å². The highest BCUT2D eigenvalue weighted by atomic mass is 16.5. The second-order valence-electron chi connectivity index (χ2n) is 3.45. The molecule has 0 aliphatic carbocycles. The van der Waals surface area contributed by atoms with E-state index in [-0.39, 0.29) is 23.4 Å². The van der Waals surface area contributed by atoms with E-state index in [1.54, 1.807) is 13.0 Å². The van der Waals surface area contributed by atoms with Crippen LogP contribution in [0.2, 0.25) is 0 Å². The van der Waals surface area contributed by atoms with Gasteiger partial charge in [-0.1, -0.05) is 13.0 Å². The normalized spacial score (nSPS) is 12.1. The van der Waals surface area contributed by atoms with E-state index in [1.165, 1.54) is 19.2 Å². The highest BCUT2D eigenvalue weighted by molar-refractivity contribution is 5.72. The number of hydrogen-bond acceptors (Lipinski definition) is 4. The van der Waals surface area contributed by atoms with Crippen LogP contribution in [0, 0.1) is 5.92 Å². The summed E-state index contributed by atoms with van der Waals surface area (Å²) in [6, 6.07) is 4.50. The van der Waals surface area contributed by atoms with Crippen LogP contribution in [0.4, 0.5) is 0 Å². The zero-order valence-electron chi connectivity index (χ0n) is 8.73. The minimum Gasteiger partial charge on any atom is -0.504 e. The van der Waals surface area contributed by atoms with E-state index in [1.807, 2.05) is 0 Å². The maximum Gasteiger partial charge on any atom is 0.308 e. The molecule has 0 bridgehead atoms. The molecule has 1 aromatic carbocycles. The number of phenols is 2. The third-order valence-corrected chi connectivity index (χ3v) is 2.19. The Morgan fingerprint density at radius 1 is 1.40 bits per heavy atom. The SMILES string of the molecule is COC(=O)[C@@H](C)Cc1ccc(O)c(O)c1. The lowest BCUT2D eigenvalue weighted by Gasteiger charge is -2.09. The Balaban J connectivity index is 2.73. The number of methoxy groups -OCH3 is 1. The van der Waals surface area contributed by atoms with Gasteiger partial charge in [0.2, 0.25) is 0 Å². The summed E-state index contributed by atoms with van der Waals surface area (Å²) < 4.78 is 4.59. The lowest BCUT2D eigenvalue weighted by Crippen LogP contribution is -2.14. The molecule has 0 unspecified atom stereocenters. The molecule has 15 heavy (non-hydrogen) atoms. The van der Waals surface area contributed by atoms with Crippen LogP contribution in [-0.2, 0) is 16.0 Å². The number of hydrogen-bond donors (Lipinski definition) is 2. The molecule has 0 saturated carbocycles. The Labute approximate surface area is 88.1 Å². The van der Waals surface area contributed by atoms with Crippen molar-refractivity contribution in [1.82, 2.24) is 0 Å². The fourth-order valence-electron chi connectivity index (χ4n) is 1.33. The van der Waals surface area contributed by atoms with Gasteiger partial charge in [0.25, 0.3) is 0 Å². The van der Waals surface area contributed by atoms with Gasteiger partial charge in [-0.2, -0.15) is 0 Å². The first-order valence-corrected chi connectivity index (χ1v) is 4.63. The maximum atomic E-state index is 11.1. The Bertz CT molecular complexity index is 360. The predicted octanol–water partition coefficient (Wildman–Crippen LogP) is 1.45. The van der Waals surface area contributed by atoms with E-state index in [0.29, 0.717) is 6.42 Å². The standard InChI is InChI=1S/C11H14O4/c1-7(11(14)15-2)5-8-3-4-9(12)10(13)6-8/h3-4,6-7,12-13H,5H2,1-2H3/t7-/m0/s1. The van der Waals surface area contributed by atoms with E-state index in [2.05, 4.69) is 4.74 Å². The second kappa shape index (κ2) is 4.68. The van der Waals surface area contributed by atoms with E-state index in [9.17, 15) is 9.90 Å². The molecule has 0 saturated heterocycles. The summed E-state index contributed by atoms with van der Waals surface area (Å²) in [5.41, 5.74) is 0.781. The van der Waals surface area contributed by atoms with Crippen LogP contribution in [0.1, 0.15) is 12.5 Å². The molecule has 0 aromatic heterocycles. The van der Waals surface area contributed by atoms with E-state index >= 15 is 0 Å². The Kier molecular flexibility index (Phi) is 3.55. The third-order valence-electron chi connectivity index (χ3n) is 2.19. The fourth-order valence-corrected chi connectivity index (χ4v) is 1.33. The van der Waals surface area contributed by atoms with Gasteiger partial charge in [0, 0.05) is 0 Å². The lowest BCUT2D eigenvalue weighted by molar-refractivity contribution is -0.144. The molecule has 1 rings (SSSR count). The van der Waals surface area contributed by atoms with Crippen molar-refractivity contribution in [2.24, 2.45) is 5.92 Å². The second-order valence-corrected chi connectivity index (χ2v) is 3.45. The Hall–Kier alpha value is -1.71. The van der Waals surface area contributed by atoms with Crippen LogP contribution in [0.3, 0.4) is 0 Å². The topological polar surface area (TPSA) is 66.8 Å². The third kappa shape index (κ3) is 2.87. The lowest BCUT2D eigenvalue weighted by atomic mass is 10.0. The monoisotopic (exact) mass is 210 g/mol. The molecule has 4 heteroatoms. The largest absolute Gasteiger partial charge is 0.504 e. The van der Waals surface area contributed by atoms with Crippen molar-refractivity contribution in [1.29, 1.82) is 0 Å². The van der Waals surface area contributed by atoms with Crippen molar-refractivity contribution >= 4 is 5.97 Å². The first-order chi connectivity index (χ1) is 7.04. The molecule has 0 radical (unpaired) electrons. The smallest absolute Gasteiger partial charge is 0.308 e. The molecule has 1 aromatic rings. The van der Waals surface area contributed by atoms with Gasteiger partial charge in [-0.25, -0.2) is 0 Å². The molecule has 0 aliphatic rings. The number of phenolic OH excluding ortho intramolecular Hbond substituents is 2. The van der Waals surface area contributed by atoms with Gasteiger partial charge in [0.15, 0.2) is 11.5 Å². The number of benzene rings is 1. The minimum absolute atomic E-state index is 0.163. The molecule has 4 nitrogen and oxygen atoms in total. The van der Waals surface area contributed by atoms with Crippen molar-refractivity contribution < 1.29 is 19.7 Å². The van der Waals surface area contributed by atoms with Crippen LogP contribution < -0.4 is 0 Å². The molecule has 0 spiro atoms. The molecule has 2 N–H and O–H groups in total. The van der Waals surface area contributed by atoms with Crippen LogP contribution in [-0.4, -0.2) is 23.3 Å². The number of rotatable bonds is 3. The molecule has 0 heterocycles. The number of ether oxygens (including phenoxy) is 1. The van der Waals surface area contributed by atoms with Crippen molar-refractivity contribution in [3.8, 4) is 11.5 Å². The van der Waals surface area contributed by atoms with Gasteiger partial charge in [-0.15, -0.1) is 0 Å². The molecular formula is C11H14O4. The Morgan fingerprint density at radius 2 is 2.07 bits per heavy atom. The highest BCUT2D eigenvalue weighted by Gasteiger charge is 2.14. The number of carbonyl (C=O) groups excluding carboxylic acids is 1. The van der Waals surface area contributed by atoms with Gasteiger partial charge >= 0.3 is 5.97 Å². The molecular weight excluding hydrogens is 196 g/mol. The van der Waals surface area contributed by atoms with Crippen LogP contribution >= 0.6 is 0 Å². The summed E-state index contributed by atoms with van der Waals surface area (Å²) in [6.45, 7) is 1.75. The van der Waals surface area contributed by atoms with Crippen LogP contribution in [0.5, 0.6) is 11.5 Å². The minimum atomic E-state index is -0.289. The molecule has 1 atom stereocenters. The van der Waals surface area contributed by atoms with Gasteiger partial charge in [-0.05, 0) is 24.1 Å². The predicted molar refractivity (Wildman–Crippen MR) is 54.7 cm³/mol. The highest BCUT2D eigenvalue weighted by Crippen LogP contribution is 2.26. The summed E-state index contributed by atoms with van der Waals surface area (Å²) in [4.78, 5) is 11.1. The van der Waals surface area contributed by atoms with Gasteiger partial charge in [0.1, 0.15) is 0 Å². The first kappa shape index (κ1) is 11.4. The van der Waals surface area contributed by atoms with Gasteiger partial charge in [-0.3, -0.25) is 4.79 Å². The molecule has 0 amide bonds. The molecule has 82 valence electrons. The van der Waals surface area contributed by atoms with Gasteiger partial charge in [0.05, 0.1) is 13.0 Å². The summed E-state index contributed by atoms with van der Waals surface area (Å²) in [6.07, 6.45) is 0.473. The Morgan fingerprint density at radius 3 is 2.60 bits per heavy atom. The number of esters is 1. The summed E-state index contributed by atoms with van der Waals surface area (Å²) >= 11 is 0. The summed E-state index contributed by atoms with van der Waals surface area (Å²) in [7, 11) is 1.34. The zero-order valence-corrected chi connectivity index (χ0v) is 8.73. The van der Waals surface area contributed by atoms with Crippen molar-refractivity contribution in [2.45, 2.75) is 13.3 Å². The number of aromatic hydroxyl groups is 2.